The summed E-state index contributed by atoms with van der Waals surface area (Å²) in [5, 5.41) is 12.5. The second-order valence-corrected chi connectivity index (χ2v) is 8.13. The fraction of sp³-hybridized carbons (Fsp3) is 0.471. The molecule has 1 fully saturated rings. The second kappa shape index (κ2) is 5.49. The third-order valence-electron chi connectivity index (χ3n) is 4.88. The van der Waals surface area contributed by atoms with E-state index in [0.29, 0.717) is 6.42 Å². The molecule has 1 saturated carbocycles. The topological polar surface area (TPSA) is 37.3 Å². The number of halogens is 1. The molecule has 0 bridgehead atoms. The maximum Gasteiger partial charge on any atom is 0.184 e. The lowest BCUT2D eigenvalue weighted by atomic mass is 9.61. The Kier molecular flexibility index (Phi) is 3.97. The van der Waals surface area contributed by atoms with Crippen molar-refractivity contribution in [1.82, 2.24) is 0 Å². The third kappa shape index (κ3) is 2.58. The Morgan fingerprint density at radius 2 is 2.29 bits per heavy atom. The molecule has 0 saturated heterocycles. The van der Waals surface area contributed by atoms with Crippen LogP contribution in [0.15, 0.2) is 32.6 Å². The number of carbonyl (C=O) groups is 1. The maximum absolute atomic E-state index is 12.6. The number of aliphatic hydroxyl groups is 1. The fourth-order valence-electron chi connectivity index (χ4n) is 3.66. The van der Waals surface area contributed by atoms with Gasteiger partial charge in [0.1, 0.15) is 0 Å². The van der Waals surface area contributed by atoms with Crippen molar-refractivity contribution in [3.05, 3.63) is 37.5 Å². The number of fused-ring (bicyclic) bond motifs is 1. The van der Waals surface area contributed by atoms with E-state index in [2.05, 4.69) is 22.9 Å². The molecule has 0 radical (unpaired) electrons. The van der Waals surface area contributed by atoms with Crippen LogP contribution in [0.25, 0.3) is 6.08 Å². The number of ketones is 1. The van der Waals surface area contributed by atoms with E-state index >= 15 is 0 Å². The molecule has 0 aromatic carbocycles. The molecule has 21 heavy (non-hydrogen) atoms. The number of aliphatic hydroxyl groups excluding tert-OH is 1. The van der Waals surface area contributed by atoms with Crippen LogP contribution in [0, 0.1) is 5.41 Å². The number of hydrogen-bond acceptors (Lipinski definition) is 3. The smallest absolute Gasteiger partial charge is 0.184 e. The van der Waals surface area contributed by atoms with E-state index in [1.165, 1.54) is 5.57 Å². The van der Waals surface area contributed by atoms with Gasteiger partial charge < -0.3 is 5.11 Å². The zero-order valence-electron chi connectivity index (χ0n) is 12.3. The molecule has 0 spiro atoms. The van der Waals surface area contributed by atoms with Crippen molar-refractivity contribution in [3.8, 4) is 0 Å². The minimum Gasteiger partial charge on any atom is -0.392 e. The lowest BCUT2D eigenvalue weighted by Gasteiger charge is -2.45. The molecule has 2 aliphatic rings. The van der Waals surface area contributed by atoms with Gasteiger partial charge in [0.05, 0.1) is 6.10 Å². The van der Waals surface area contributed by atoms with E-state index in [-0.39, 0.29) is 17.3 Å². The Hall–Kier alpha value is -0.710. The highest BCUT2D eigenvalue weighted by Crippen LogP contribution is 2.50. The van der Waals surface area contributed by atoms with Crippen LogP contribution in [0.4, 0.5) is 0 Å². The molecule has 2 atom stereocenters. The van der Waals surface area contributed by atoms with Gasteiger partial charge in [0.25, 0.3) is 0 Å². The van der Waals surface area contributed by atoms with Gasteiger partial charge in [-0.15, -0.1) is 11.3 Å². The molecule has 1 heterocycles. The van der Waals surface area contributed by atoms with Crippen LogP contribution < -0.4 is 0 Å². The highest BCUT2D eigenvalue weighted by atomic mass is 79.9. The normalized spacial score (nSPS) is 31.7. The number of carbonyl (C=O) groups excluding carboxylic acids is 1. The number of thiophene rings is 1. The predicted octanol–water partition coefficient (Wildman–Crippen LogP) is 4.73. The lowest BCUT2D eigenvalue weighted by Crippen LogP contribution is -2.42. The first-order valence-corrected chi connectivity index (χ1v) is 8.96. The molecule has 1 aromatic rings. The molecule has 0 aliphatic heterocycles. The van der Waals surface area contributed by atoms with Gasteiger partial charge in [0.15, 0.2) is 5.78 Å². The summed E-state index contributed by atoms with van der Waals surface area (Å²) in [5.41, 5.74) is 2.59. The van der Waals surface area contributed by atoms with Gasteiger partial charge in [-0.05, 0) is 66.3 Å². The Bertz CT molecular complexity index is 656. The van der Waals surface area contributed by atoms with Gasteiger partial charge >= 0.3 is 0 Å². The van der Waals surface area contributed by atoms with Crippen molar-refractivity contribution in [2.24, 2.45) is 5.41 Å². The highest BCUT2D eigenvalue weighted by molar-refractivity contribution is 9.10. The van der Waals surface area contributed by atoms with Crippen LogP contribution in [-0.4, -0.2) is 17.0 Å². The van der Waals surface area contributed by atoms with E-state index in [1.807, 2.05) is 24.4 Å². The first kappa shape index (κ1) is 15.2. The molecule has 0 amide bonds. The minimum absolute atomic E-state index is 0.154. The molecule has 2 nitrogen and oxygen atoms in total. The predicted molar refractivity (Wildman–Crippen MR) is 90.3 cm³/mol. The average Bonchev–Trinajstić information content (AvgIpc) is 2.84. The number of allylic oxidation sites excluding steroid dienone is 2. The van der Waals surface area contributed by atoms with Crippen molar-refractivity contribution in [2.45, 2.75) is 45.6 Å². The molecule has 1 aromatic heterocycles. The largest absolute Gasteiger partial charge is 0.392 e. The Morgan fingerprint density at radius 3 is 2.95 bits per heavy atom. The first-order chi connectivity index (χ1) is 9.91. The molecule has 2 aliphatic carbocycles. The van der Waals surface area contributed by atoms with Gasteiger partial charge in [0, 0.05) is 25.7 Å². The molecule has 0 unspecified atom stereocenters. The van der Waals surface area contributed by atoms with Crippen molar-refractivity contribution in [1.29, 1.82) is 0 Å². The van der Waals surface area contributed by atoms with Crippen LogP contribution in [0.2, 0.25) is 0 Å². The van der Waals surface area contributed by atoms with Crippen LogP contribution >= 0.6 is 27.3 Å². The summed E-state index contributed by atoms with van der Waals surface area (Å²) in [7, 11) is 0. The van der Waals surface area contributed by atoms with Crippen LogP contribution in [0.5, 0.6) is 0 Å². The summed E-state index contributed by atoms with van der Waals surface area (Å²) in [4.78, 5) is 13.7. The van der Waals surface area contributed by atoms with Crippen molar-refractivity contribution in [2.75, 3.05) is 0 Å². The Labute approximate surface area is 137 Å². The second-order valence-electron chi connectivity index (χ2n) is 6.27. The van der Waals surface area contributed by atoms with E-state index in [4.69, 9.17) is 0 Å². The van der Waals surface area contributed by atoms with Gasteiger partial charge in [-0.3, -0.25) is 4.79 Å². The Morgan fingerprint density at radius 1 is 1.52 bits per heavy atom. The monoisotopic (exact) mass is 366 g/mol. The van der Waals surface area contributed by atoms with Crippen molar-refractivity contribution < 1.29 is 9.90 Å². The standard InChI is InChI=1S/C17H19BrO2S/c1-10-14-4-3-5-15(19)17(14,2)8-11(16(10)20)6-13-7-12(18)9-21-13/h6-7,9,15,19H,3-5,8H2,1-2H3/b11-6+/t15-,17-/m0/s1. The van der Waals surface area contributed by atoms with E-state index in [1.54, 1.807) is 11.3 Å². The number of Topliss-reactive ketones (excluding diaryl/α,β-unsaturated/α-hetero) is 1. The molecule has 3 rings (SSSR count). The maximum atomic E-state index is 12.6. The summed E-state index contributed by atoms with van der Waals surface area (Å²) in [6, 6.07) is 2.03. The van der Waals surface area contributed by atoms with E-state index in [0.717, 1.165) is 39.8 Å². The number of hydrogen-bond donors (Lipinski definition) is 1. The third-order valence-corrected chi connectivity index (χ3v) is 6.52. The lowest BCUT2D eigenvalue weighted by molar-refractivity contribution is -0.113. The van der Waals surface area contributed by atoms with Crippen LogP contribution in [0.1, 0.15) is 44.4 Å². The molecule has 1 N–H and O–H groups in total. The summed E-state index contributed by atoms with van der Waals surface area (Å²) in [6.07, 6.45) is 5.05. The zero-order valence-corrected chi connectivity index (χ0v) is 14.7. The summed E-state index contributed by atoms with van der Waals surface area (Å²) in [6.45, 7) is 4.03. The fourth-order valence-corrected chi connectivity index (χ4v) is 5.06. The molecule has 112 valence electrons. The zero-order chi connectivity index (χ0) is 15.2. The number of rotatable bonds is 1. The summed E-state index contributed by atoms with van der Waals surface area (Å²) in [5.74, 6) is 0.154. The molecule has 4 heteroatoms. The summed E-state index contributed by atoms with van der Waals surface area (Å²) < 4.78 is 1.04. The van der Waals surface area contributed by atoms with Gasteiger partial charge in [0.2, 0.25) is 0 Å². The quantitative estimate of drug-likeness (QED) is 0.729. The van der Waals surface area contributed by atoms with Crippen molar-refractivity contribution in [3.63, 3.8) is 0 Å². The molecular formula is C17H19BrO2S. The van der Waals surface area contributed by atoms with E-state index in [9.17, 15) is 9.90 Å². The molecular weight excluding hydrogens is 348 g/mol. The average molecular weight is 367 g/mol. The SMILES string of the molecule is CC1=C2CCC[C@H](O)[C@@]2(C)C/C(=C\c2cc(Br)cs2)C1=O. The van der Waals surface area contributed by atoms with E-state index < -0.39 is 0 Å². The highest BCUT2D eigenvalue weighted by Gasteiger charge is 2.45. The van der Waals surface area contributed by atoms with Crippen LogP contribution in [0.3, 0.4) is 0 Å². The van der Waals surface area contributed by atoms with Crippen LogP contribution in [-0.2, 0) is 4.79 Å². The summed E-state index contributed by atoms with van der Waals surface area (Å²) >= 11 is 5.07. The van der Waals surface area contributed by atoms with Gasteiger partial charge in [-0.1, -0.05) is 12.5 Å². The first-order valence-electron chi connectivity index (χ1n) is 7.29. The Balaban J connectivity index is 2.04. The van der Waals surface area contributed by atoms with Crippen molar-refractivity contribution >= 4 is 39.1 Å². The van der Waals surface area contributed by atoms with Gasteiger partial charge in [-0.25, -0.2) is 0 Å². The minimum atomic E-state index is -0.345. The van der Waals surface area contributed by atoms with Gasteiger partial charge in [-0.2, -0.15) is 0 Å².